The van der Waals surface area contributed by atoms with Crippen LogP contribution in [0.25, 0.3) is 0 Å². The molecule has 4 heteroatoms. The maximum atomic E-state index is 4.72. The third-order valence-electron chi connectivity index (χ3n) is 4.40. The Labute approximate surface area is 125 Å². The lowest BCUT2D eigenvalue weighted by molar-refractivity contribution is 0.127. The van der Waals surface area contributed by atoms with Crippen LogP contribution in [0.5, 0.6) is 0 Å². The van der Waals surface area contributed by atoms with Crippen molar-refractivity contribution in [2.45, 2.75) is 59.4 Å². The van der Waals surface area contributed by atoms with Crippen molar-refractivity contribution in [1.82, 2.24) is 15.1 Å². The van der Waals surface area contributed by atoms with Crippen molar-refractivity contribution in [1.29, 1.82) is 0 Å². The molecule has 1 aromatic heterocycles. The molecule has 2 rings (SSSR count). The third kappa shape index (κ3) is 3.05. The molecule has 0 amide bonds. The minimum atomic E-state index is 0.469. The second kappa shape index (κ2) is 6.40. The fourth-order valence-corrected chi connectivity index (χ4v) is 3.73. The van der Waals surface area contributed by atoms with Gasteiger partial charge in [0.05, 0.1) is 15.9 Å². The van der Waals surface area contributed by atoms with Gasteiger partial charge in [-0.2, -0.15) is 5.10 Å². The summed E-state index contributed by atoms with van der Waals surface area (Å²) in [6.45, 7) is 9.72. The van der Waals surface area contributed by atoms with Gasteiger partial charge in [-0.15, -0.1) is 0 Å². The molecule has 1 fully saturated rings. The second-order valence-corrected chi connectivity index (χ2v) is 6.48. The Balaban J connectivity index is 2.19. The topological polar surface area (TPSA) is 29.9 Å². The van der Waals surface area contributed by atoms with Crippen LogP contribution in [0.15, 0.2) is 4.47 Å². The summed E-state index contributed by atoms with van der Waals surface area (Å²) < 4.78 is 3.44. The molecule has 108 valence electrons. The Bertz CT molecular complexity index is 421. The SMILES string of the molecule is CCNCC1(Cc2c(Br)c(CC)nn2CC)CCC1. The van der Waals surface area contributed by atoms with E-state index in [0.717, 1.165) is 32.5 Å². The number of halogens is 1. The van der Waals surface area contributed by atoms with Crippen LogP contribution in [0.4, 0.5) is 0 Å². The molecule has 0 unspecified atom stereocenters. The highest BCUT2D eigenvalue weighted by Gasteiger charge is 2.38. The van der Waals surface area contributed by atoms with Gasteiger partial charge in [0.2, 0.25) is 0 Å². The molecule has 0 bridgehead atoms. The van der Waals surface area contributed by atoms with Crippen LogP contribution >= 0.6 is 15.9 Å². The van der Waals surface area contributed by atoms with Crippen molar-refractivity contribution >= 4 is 15.9 Å². The van der Waals surface area contributed by atoms with Crippen molar-refractivity contribution in [2.24, 2.45) is 5.41 Å². The van der Waals surface area contributed by atoms with Gasteiger partial charge in [-0.1, -0.05) is 20.3 Å². The van der Waals surface area contributed by atoms with Gasteiger partial charge in [-0.05, 0) is 60.5 Å². The second-order valence-electron chi connectivity index (χ2n) is 5.69. The van der Waals surface area contributed by atoms with Crippen LogP contribution in [-0.4, -0.2) is 22.9 Å². The van der Waals surface area contributed by atoms with Crippen molar-refractivity contribution in [3.05, 3.63) is 15.9 Å². The molecule has 1 heterocycles. The smallest absolute Gasteiger partial charge is 0.0766 e. The number of nitrogens with zero attached hydrogens (tertiary/aromatic N) is 2. The number of nitrogens with one attached hydrogen (secondary N) is 1. The monoisotopic (exact) mass is 327 g/mol. The first-order valence-corrected chi connectivity index (χ1v) is 8.40. The Kier molecular flexibility index (Phi) is 5.07. The lowest BCUT2D eigenvalue weighted by atomic mass is 9.66. The predicted molar refractivity (Wildman–Crippen MR) is 83.5 cm³/mol. The average Bonchev–Trinajstić information content (AvgIpc) is 2.68. The molecule has 1 saturated carbocycles. The zero-order chi connectivity index (χ0) is 13.9. The maximum absolute atomic E-state index is 4.72. The molecule has 0 aromatic carbocycles. The van der Waals surface area contributed by atoms with E-state index in [1.807, 2.05) is 0 Å². The molecular weight excluding hydrogens is 302 g/mol. The van der Waals surface area contributed by atoms with Gasteiger partial charge in [0.1, 0.15) is 0 Å². The zero-order valence-electron chi connectivity index (χ0n) is 12.4. The molecule has 1 aromatic rings. The molecule has 0 saturated heterocycles. The van der Waals surface area contributed by atoms with Gasteiger partial charge in [-0.25, -0.2) is 0 Å². The van der Waals surface area contributed by atoms with Gasteiger partial charge in [0, 0.05) is 13.1 Å². The Morgan fingerprint density at radius 3 is 2.53 bits per heavy atom. The largest absolute Gasteiger partial charge is 0.316 e. The van der Waals surface area contributed by atoms with Gasteiger partial charge < -0.3 is 5.32 Å². The normalized spacial score (nSPS) is 17.5. The number of hydrogen-bond donors (Lipinski definition) is 1. The molecule has 3 nitrogen and oxygen atoms in total. The highest BCUT2D eigenvalue weighted by molar-refractivity contribution is 9.10. The van der Waals surface area contributed by atoms with Crippen LogP contribution in [0.2, 0.25) is 0 Å². The van der Waals surface area contributed by atoms with E-state index >= 15 is 0 Å². The molecule has 0 spiro atoms. The number of hydrogen-bond acceptors (Lipinski definition) is 2. The first-order valence-electron chi connectivity index (χ1n) is 7.60. The average molecular weight is 328 g/mol. The molecule has 0 atom stereocenters. The van der Waals surface area contributed by atoms with E-state index in [9.17, 15) is 0 Å². The molecule has 19 heavy (non-hydrogen) atoms. The van der Waals surface area contributed by atoms with Crippen molar-refractivity contribution in [3.8, 4) is 0 Å². The minimum Gasteiger partial charge on any atom is -0.316 e. The zero-order valence-corrected chi connectivity index (χ0v) is 14.0. The van der Waals surface area contributed by atoms with Gasteiger partial charge in [0.15, 0.2) is 0 Å². The van der Waals surface area contributed by atoms with Gasteiger partial charge in [-0.3, -0.25) is 4.68 Å². The number of rotatable bonds is 7. The first kappa shape index (κ1) is 15.0. The Hall–Kier alpha value is -0.350. The highest BCUT2D eigenvalue weighted by atomic mass is 79.9. The summed E-state index contributed by atoms with van der Waals surface area (Å²) in [6.07, 6.45) is 6.23. The van der Waals surface area contributed by atoms with Crippen LogP contribution in [0, 0.1) is 5.41 Å². The van der Waals surface area contributed by atoms with E-state index in [-0.39, 0.29) is 0 Å². The summed E-state index contributed by atoms with van der Waals surface area (Å²) >= 11 is 3.77. The summed E-state index contributed by atoms with van der Waals surface area (Å²) in [5, 5.41) is 8.26. The molecular formula is C15H26BrN3. The molecule has 1 N–H and O–H groups in total. The van der Waals surface area contributed by atoms with E-state index in [0.29, 0.717) is 5.41 Å². The maximum Gasteiger partial charge on any atom is 0.0766 e. The van der Waals surface area contributed by atoms with Crippen molar-refractivity contribution in [3.63, 3.8) is 0 Å². The Morgan fingerprint density at radius 1 is 1.32 bits per heavy atom. The van der Waals surface area contributed by atoms with Gasteiger partial charge >= 0.3 is 0 Å². The van der Waals surface area contributed by atoms with Crippen LogP contribution in [-0.2, 0) is 19.4 Å². The Morgan fingerprint density at radius 2 is 2.05 bits per heavy atom. The van der Waals surface area contributed by atoms with E-state index in [2.05, 4.69) is 46.7 Å². The number of aromatic nitrogens is 2. The first-order chi connectivity index (χ1) is 9.15. The van der Waals surface area contributed by atoms with Gasteiger partial charge in [0.25, 0.3) is 0 Å². The molecule has 0 aliphatic heterocycles. The van der Waals surface area contributed by atoms with Crippen LogP contribution < -0.4 is 5.32 Å². The molecule has 1 aliphatic rings. The predicted octanol–water partition coefficient (Wildman–Crippen LogP) is 3.55. The summed E-state index contributed by atoms with van der Waals surface area (Å²) in [4.78, 5) is 0. The standard InChI is InChI=1S/C15H26BrN3/c1-4-12-14(16)13(19(6-3)18-12)10-15(8-7-9-15)11-17-5-2/h17H,4-11H2,1-3H3. The minimum absolute atomic E-state index is 0.469. The van der Waals surface area contributed by atoms with E-state index < -0.39 is 0 Å². The summed E-state index contributed by atoms with van der Waals surface area (Å²) in [5.74, 6) is 0. The third-order valence-corrected chi connectivity index (χ3v) is 5.32. The van der Waals surface area contributed by atoms with Crippen LogP contribution in [0.3, 0.4) is 0 Å². The summed E-state index contributed by atoms with van der Waals surface area (Å²) in [6, 6.07) is 0. The summed E-state index contributed by atoms with van der Waals surface area (Å²) in [7, 11) is 0. The quantitative estimate of drug-likeness (QED) is 0.829. The molecule has 1 aliphatic carbocycles. The van der Waals surface area contributed by atoms with E-state index in [4.69, 9.17) is 5.10 Å². The highest BCUT2D eigenvalue weighted by Crippen LogP contribution is 2.44. The fraction of sp³-hybridized carbons (Fsp3) is 0.800. The van der Waals surface area contributed by atoms with Crippen molar-refractivity contribution < 1.29 is 0 Å². The van der Waals surface area contributed by atoms with E-state index in [1.54, 1.807) is 0 Å². The molecule has 0 radical (unpaired) electrons. The van der Waals surface area contributed by atoms with Crippen molar-refractivity contribution in [2.75, 3.05) is 13.1 Å². The van der Waals surface area contributed by atoms with Crippen LogP contribution in [0.1, 0.15) is 51.4 Å². The fourth-order valence-electron chi connectivity index (χ4n) is 3.02. The lowest BCUT2D eigenvalue weighted by Gasteiger charge is -2.42. The lowest BCUT2D eigenvalue weighted by Crippen LogP contribution is -2.42. The summed E-state index contributed by atoms with van der Waals surface area (Å²) in [5.41, 5.74) is 3.07. The number of aryl methyl sites for hydroxylation is 2. The van der Waals surface area contributed by atoms with E-state index in [1.165, 1.54) is 35.1 Å².